The summed E-state index contributed by atoms with van der Waals surface area (Å²) >= 11 is 0. The predicted molar refractivity (Wildman–Crippen MR) is 50.1 cm³/mol. The summed E-state index contributed by atoms with van der Waals surface area (Å²) in [5.41, 5.74) is 7.97. The Morgan fingerprint density at radius 1 is 1.47 bits per heavy atom. The third-order valence-electron chi connectivity index (χ3n) is 1.95. The van der Waals surface area contributed by atoms with Crippen LogP contribution in [-0.2, 0) is 0 Å². The van der Waals surface area contributed by atoms with Crippen molar-refractivity contribution in [2.45, 2.75) is 13.0 Å². The van der Waals surface area contributed by atoms with Crippen molar-refractivity contribution in [2.24, 2.45) is 5.11 Å². The summed E-state index contributed by atoms with van der Waals surface area (Å²) in [7, 11) is 0. The van der Waals surface area contributed by atoms with E-state index < -0.39 is 17.7 Å². The molecule has 80 valence electrons. The second-order valence-corrected chi connectivity index (χ2v) is 3.05. The topological polar surface area (TPSA) is 69.0 Å². The fourth-order valence-corrected chi connectivity index (χ4v) is 1.13. The second-order valence-electron chi connectivity index (χ2n) is 3.05. The fourth-order valence-electron chi connectivity index (χ4n) is 1.13. The SMILES string of the molecule is Cc1cc(F)c(C(O)CN=[N+]=[N-])cc1F. The van der Waals surface area contributed by atoms with Gasteiger partial charge in [-0.1, -0.05) is 5.11 Å². The number of benzene rings is 1. The number of hydrogen-bond acceptors (Lipinski definition) is 2. The molecule has 1 atom stereocenters. The Morgan fingerprint density at radius 2 is 2.13 bits per heavy atom. The highest BCUT2D eigenvalue weighted by atomic mass is 19.1. The van der Waals surface area contributed by atoms with E-state index in [1.54, 1.807) is 0 Å². The van der Waals surface area contributed by atoms with Crippen LogP contribution in [-0.4, -0.2) is 11.7 Å². The Labute approximate surface area is 84.8 Å². The maximum absolute atomic E-state index is 13.2. The molecule has 0 heterocycles. The molecule has 15 heavy (non-hydrogen) atoms. The van der Waals surface area contributed by atoms with Crippen LogP contribution in [0.2, 0.25) is 0 Å². The first-order valence-electron chi connectivity index (χ1n) is 4.20. The van der Waals surface area contributed by atoms with E-state index in [2.05, 4.69) is 10.0 Å². The van der Waals surface area contributed by atoms with Gasteiger partial charge in [0.2, 0.25) is 0 Å². The fraction of sp³-hybridized carbons (Fsp3) is 0.333. The maximum Gasteiger partial charge on any atom is 0.129 e. The monoisotopic (exact) mass is 213 g/mol. The van der Waals surface area contributed by atoms with Gasteiger partial charge in [-0.3, -0.25) is 0 Å². The molecule has 1 aromatic rings. The highest BCUT2D eigenvalue weighted by Gasteiger charge is 2.14. The van der Waals surface area contributed by atoms with Crippen LogP contribution >= 0.6 is 0 Å². The Kier molecular flexibility index (Phi) is 3.60. The first-order valence-corrected chi connectivity index (χ1v) is 4.20. The van der Waals surface area contributed by atoms with Crippen molar-refractivity contribution < 1.29 is 13.9 Å². The van der Waals surface area contributed by atoms with Crippen LogP contribution in [0.25, 0.3) is 10.4 Å². The second kappa shape index (κ2) is 4.72. The van der Waals surface area contributed by atoms with Gasteiger partial charge < -0.3 is 5.11 Å². The van der Waals surface area contributed by atoms with Crippen molar-refractivity contribution in [1.29, 1.82) is 0 Å². The van der Waals surface area contributed by atoms with Crippen LogP contribution in [0, 0.1) is 18.6 Å². The minimum absolute atomic E-state index is 0.159. The summed E-state index contributed by atoms with van der Waals surface area (Å²) in [6, 6.07) is 1.90. The van der Waals surface area contributed by atoms with Gasteiger partial charge in [-0.2, -0.15) is 0 Å². The lowest BCUT2D eigenvalue weighted by Crippen LogP contribution is -2.05. The van der Waals surface area contributed by atoms with E-state index in [1.807, 2.05) is 0 Å². The van der Waals surface area contributed by atoms with Gasteiger partial charge >= 0.3 is 0 Å². The Hall–Kier alpha value is -1.65. The number of aliphatic hydroxyl groups is 1. The Morgan fingerprint density at radius 3 is 2.73 bits per heavy atom. The van der Waals surface area contributed by atoms with Crippen LogP contribution < -0.4 is 0 Å². The molecule has 4 nitrogen and oxygen atoms in total. The molecule has 1 aromatic carbocycles. The van der Waals surface area contributed by atoms with Crippen LogP contribution in [0.15, 0.2) is 17.2 Å². The molecular formula is C9H9F2N3O. The van der Waals surface area contributed by atoms with Crippen molar-refractivity contribution in [2.75, 3.05) is 6.54 Å². The van der Waals surface area contributed by atoms with Crippen molar-refractivity contribution in [3.63, 3.8) is 0 Å². The van der Waals surface area contributed by atoms with Gasteiger partial charge in [0, 0.05) is 10.5 Å². The van der Waals surface area contributed by atoms with Crippen molar-refractivity contribution >= 4 is 0 Å². The van der Waals surface area contributed by atoms with Gasteiger partial charge in [0.15, 0.2) is 0 Å². The van der Waals surface area contributed by atoms with Gasteiger partial charge in [0.1, 0.15) is 11.6 Å². The average Bonchev–Trinajstić information content (AvgIpc) is 2.20. The lowest BCUT2D eigenvalue weighted by atomic mass is 10.1. The molecule has 1 rings (SSSR count). The van der Waals surface area contributed by atoms with E-state index in [0.717, 1.165) is 12.1 Å². The number of hydrogen-bond donors (Lipinski definition) is 1. The zero-order valence-electron chi connectivity index (χ0n) is 7.98. The molecule has 0 fully saturated rings. The zero-order chi connectivity index (χ0) is 11.4. The van der Waals surface area contributed by atoms with Crippen LogP contribution in [0.1, 0.15) is 17.2 Å². The smallest absolute Gasteiger partial charge is 0.129 e. The van der Waals surface area contributed by atoms with Gasteiger partial charge in [0.25, 0.3) is 0 Å². The molecule has 0 bridgehead atoms. The highest BCUT2D eigenvalue weighted by molar-refractivity contribution is 5.27. The molecule has 0 aromatic heterocycles. The van der Waals surface area contributed by atoms with E-state index in [-0.39, 0.29) is 17.7 Å². The van der Waals surface area contributed by atoms with Gasteiger partial charge in [-0.25, -0.2) is 8.78 Å². The molecule has 1 unspecified atom stereocenters. The minimum Gasteiger partial charge on any atom is -0.388 e. The van der Waals surface area contributed by atoms with Gasteiger partial charge in [0.05, 0.1) is 12.6 Å². The van der Waals surface area contributed by atoms with Crippen LogP contribution in [0.4, 0.5) is 8.78 Å². The molecule has 0 aliphatic rings. The largest absolute Gasteiger partial charge is 0.388 e. The average molecular weight is 213 g/mol. The predicted octanol–water partition coefficient (Wildman–Crippen LogP) is 2.62. The minimum atomic E-state index is -1.32. The molecule has 1 N–H and O–H groups in total. The zero-order valence-corrected chi connectivity index (χ0v) is 7.98. The van der Waals surface area contributed by atoms with Crippen molar-refractivity contribution in [1.82, 2.24) is 0 Å². The normalized spacial score (nSPS) is 12.0. The van der Waals surface area contributed by atoms with E-state index in [9.17, 15) is 13.9 Å². The first kappa shape index (κ1) is 11.4. The van der Waals surface area contributed by atoms with Crippen molar-refractivity contribution in [3.05, 3.63) is 45.3 Å². The number of nitrogens with zero attached hydrogens (tertiary/aromatic N) is 3. The summed E-state index contributed by atoms with van der Waals surface area (Å²) < 4.78 is 26.3. The maximum atomic E-state index is 13.2. The molecule has 0 spiro atoms. The molecule has 0 saturated carbocycles. The summed E-state index contributed by atoms with van der Waals surface area (Å²) in [6.07, 6.45) is -1.32. The van der Waals surface area contributed by atoms with Crippen molar-refractivity contribution in [3.8, 4) is 0 Å². The quantitative estimate of drug-likeness (QED) is 0.468. The van der Waals surface area contributed by atoms with E-state index in [1.165, 1.54) is 6.92 Å². The van der Waals surface area contributed by atoms with E-state index >= 15 is 0 Å². The number of rotatable bonds is 3. The summed E-state index contributed by atoms with van der Waals surface area (Å²) in [5.74, 6) is -1.32. The first-order chi connectivity index (χ1) is 7.06. The van der Waals surface area contributed by atoms with Gasteiger partial charge in [-0.05, 0) is 30.2 Å². The van der Waals surface area contributed by atoms with Crippen LogP contribution in [0.3, 0.4) is 0 Å². The lowest BCUT2D eigenvalue weighted by molar-refractivity contribution is 0.181. The van der Waals surface area contributed by atoms with E-state index in [0.29, 0.717) is 0 Å². The molecule has 0 radical (unpaired) electrons. The number of aryl methyl sites for hydroxylation is 1. The van der Waals surface area contributed by atoms with Crippen LogP contribution in [0.5, 0.6) is 0 Å². The molecule has 6 heteroatoms. The molecule has 0 aliphatic carbocycles. The highest BCUT2D eigenvalue weighted by Crippen LogP contribution is 2.20. The third-order valence-corrected chi connectivity index (χ3v) is 1.95. The number of halogens is 2. The Balaban J connectivity index is 3.03. The summed E-state index contributed by atoms with van der Waals surface area (Å²) in [6.45, 7) is 1.10. The number of azide groups is 1. The van der Waals surface area contributed by atoms with Gasteiger partial charge in [-0.15, -0.1) is 0 Å². The van der Waals surface area contributed by atoms with E-state index in [4.69, 9.17) is 5.53 Å². The Bertz CT molecular complexity index is 416. The third kappa shape index (κ3) is 2.65. The summed E-state index contributed by atoms with van der Waals surface area (Å²) in [5, 5.41) is 12.5. The number of aliphatic hydroxyl groups excluding tert-OH is 1. The molecule has 0 amide bonds. The molecular weight excluding hydrogens is 204 g/mol. The standard InChI is InChI=1S/C9H9F2N3O/c1-5-2-8(11)6(3-7(5)10)9(15)4-13-14-12/h2-3,9,15H,4H2,1H3. The summed E-state index contributed by atoms with van der Waals surface area (Å²) in [4.78, 5) is 2.42. The lowest BCUT2D eigenvalue weighted by Gasteiger charge is -2.10. The molecule has 0 saturated heterocycles. The molecule has 0 aliphatic heterocycles.